The Kier molecular flexibility index (Phi) is 4.83. The topological polar surface area (TPSA) is 55.4 Å². The fraction of sp³-hybridized carbons (Fsp3) is 0.400. The maximum Gasteiger partial charge on any atom is 0.396 e. The van der Waals surface area contributed by atoms with E-state index in [1.807, 2.05) is 16.8 Å². The Hall–Kier alpha value is -1.36. The van der Waals surface area contributed by atoms with Crippen LogP contribution in [0, 0.1) is 0 Å². The maximum atomic E-state index is 11.1. The van der Waals surface area contributed by atoms with Gasteiger partial charge in [-0.15, -0.1) is 0 Å². The summed E-state index contributed by atoms with van der Waals surface area (Å²) in [4.78, 5) is 22.0. The van der Waals surface area contributed by atoms with Crippen molar-refractivity contribution in [1.29, 1.82) is 0 Å². The van der Waals surface area contributed by atoms with E-state index in [0.717, 1.165) is 12.0 Å². The highest BCUT2D eigenvalue weighted by Gasteiger charge is 2.13. The van der Waals surface area contributed by atoms with E-state index < -0.39 is 11.9 Å². The molecule has 1 aromatic rings. The van der Waals surface area contributed by atoms with Gasteiger partial charge in [0.25, 0.3) is 0 Å². The summed E-state index contributed by atoms with van der Waals surface area (Å²) in [5.41, 5.74) is 1.16. The SMILES string of the molecule is CCOC(=O)C(=O)NCCc1ccsc1. The zero-order chi connectivity index (χ0) is 11.1. The number of thiophene rings is 1. The molecule has 0 spiro atoms. The molecule has 0 saturated carbocycles. The smallest absolute Gasteiger partial charge is 0.396 e. The molecule has 0 atom stereocenters. The molecule has 1 heterocycles. The predicted molar refractivity (Wildman–Crippen MR) is 57.7 cm³/mol. The molecule has 1 amide bonds. The highest BCUT2D eigenvalue weighted by atomic mass is 32.1. The van der Waals surface area contributed by atoms with Crippen molar-refractivity contribution in [1.82, 2.24) is 5.32 Å². The van der Waals surface area contributed by atoms with Gasteiger partial charge in [-0.05, 0) is 35.7 Å². The van der Waals surface area contributed by atoms with Gasteiger partial charge in [0.1, 0.15) is 0 Å². The minimum absolute atomic E-state index is 0.219. The van der Waals surface area contributed by atoms with Crippen molar-refractivity contribution in [2.45, 2.75) is 13.3 Å². The summed E-state index contributed by atoms with van der Waals surface area (Å²) in [6, 6.07) is 1.99. The fourth-order valence-electron chi connectivity index (χ4n) is 1.02. The molecule has 0 aromatic carbocycles. The molecule has 5 heteroatoms. The van der Waals surface area contributed by atoms with E-state index in [0.29, 0.717) is 6.54 Å². The van der Waals surface area contributed by atoms with E-state index in [9.17, 15) is 9.59 Å². The molecule has 1 N–H and O–H groups in total. The third kappa shape index (κ3) is 4.12. The van der Waals surface area contributed by atoms with E-state index >= 15 is 0 Å². The van der Waals surface area contributed by atoms with Crippen molar-refractivity contribution in [2.75, 3.05) is 13.2 Å². The summed E-state index contributed by atoms with van der Waals surface area (Å²) >= 11 is 1.61. The molecular formula is C10H13NO3S. The van der Waals surface area contributed by atoms with E-state index in [4.69, 9.17) is 0 Å². The molecule has 4 nitrogen and oxygen atoms in total. The molecule has 0 aliphatic heterocycles. The lowest BCUT2D eigenvalue weighted by molar-refractivity contribution is -0.154. The Morgan fingerprint density at radius 3 is 2.93 bits per heavy atom. The number of hydrogen-bond acceptors (Lipinski definition) is 4. The van der Waals surface area contributed by atoms with E-state index in [1.54, 1.807) is 18.3 Å². The van der Waals surface area contributed by atoms with Crippen LogP contribution in [0.1, 0.15) is 12.5 Å². The van der Waals surface area contributed by atoms with Gasteiger partial charge < -0.3 is 10.1 Å². The normalized spacial score (nSPS) is 9.67. The molecule has 0 fully saturated rings. The molecule has 0 radical (unpaired) electrons. The first-order valence-electron chi connectivity index (χ1n) is 4.70. The number of rotatable bonds is 4. The number of hydrogen-bond donors (Lipinski definition) is 1. The van der Waals surface area contributed by atoms with Crippen molar-refractivity contribution in [3.8, 4) is 0 Å². The average Bonchev–Trinajstić information content (AvgIpc) is 2.71. The second kappa shape index (κ2) is 6.19. The van der Waals surface area contributed by atoms with Gasteiger partial charge in [0.05, 0.1) is 6.61 Å². The Morgan fingerprint density at radius 2 is 2.33 bits per heavy atom. The summed E-state index contributed by atoms with van der Waals surface area (Å²) in [6.07, 6.45) is 0.731. The van der Waals surface area contributed by atoms with Gasteiger partial charge in [-0.2, -0.15) is 11.3 Å². The molecule has 0 aliphatic carbocycles. The van der Waals surface area contributed by atoms with E-state index in [1.165, 1.54) is 0 Å². The quantitative estimate of drug-likeness (QED) is 0.616. The van der Waals surface area contributed by atoms with Crippen LogP contribution < -0.4 is 5.32 Å². The van der Waals surface area contributed by atoms with Crippen LogP contribution in [-0.2, 0) is 20.7 Å². The Bertz CT molecular complexity index is 321. The number of nitrogens with one attached hydrogen (secondary N) is 1. The predicted octanol–water partition coefficient (Wildman–Crippen LogP) is 0.970. The zero-order valence-corrected chi connectivity index (χ0v) is 9.30. The number of carbonyl (C=O) groups is 2. The molecule has 0 bridgehead atoms. The summed E-state index contributed by atoms with van der Waals surface area (Å²) < 4.78 is 4.54. The number of esters is 1. The maximum absolute atomic E-state index is 11.1. The van der Waals surface area contributed by atoms with Crippen LogP contribution in [0.2, 0.25) is 0 Å². The van der Waals surface area contributed by atoms with E-state index in [2.05, 4.69) is 10.1 Å². The number of ether oxygens (including phenoxy) is 1. The molecule has 15 heavy (non-hydrogen) atoms. The molecule has 82 valence electrons. The summed E-state index contributed by atoms with van der Waals surface area (Å²) in [6.45, 7) is 2.34. The lowest BCUT2D eigenvalue weighted by atomic mass is 10.2. The average molecular weight is 227 g/mol. The Morgan fingerprint density at radius 1 is 1.53 bits per heavy atom. The highest BCUT2D eigenvalue weighted by molar-refractivity contribution is 7.07. The van der Waals surface area contributed by atoms with Crippen molar-refractivity contribution in [3.63, 3.8) is 0 Å². The third-order valence-electron chi connectivity index (χ3n) is 1.74. The number of carbonyl (C=O) groups excluding carboxylic acids is 2. The van der Waals surface area contributed by atoms with E-state index in [-0.39, 0.29) is 6.61 Å². The second-order valence-electron chi connectivity index (χ2n) is 2.86. The first-order chi connectivity index (χ1) is 7.24. The fourth-order valence-corrected chi connectivity index (χ4v) is 1.73. The van der Waals surface area contributed by atoms with Crippen molar-refractivity contribution in [3.05, 3.63) is 22.4 Å². The minimum Gasteiger partial charge on any atom is -0.459 e. The van der Waals surface area contributed by atoms with Crippen LogP contribution >= 0.6 is 11.3 Å². The van der Waals surface area contributed by atoms with Gasteiger partial charge >= 0.3 is 11.9 Å². The van der Waals surface area contributed by atoms with Crippen LogP contribution in [0.25, 0.3) is 0 Å². The van der Waals surface area contributed by atoms with Crippen LogP contribution in [0.5, 0.6) is 0 Å². The molecule has 0 unspecified atom stereocenters. The molecule has 1 aromatic heterocycles. The summed E-state index contributed by atoms with van der Waals surface area (Å²) in [5.74, 6) is -1.49. The lowest BCUT2D eigenvalue weighted by Crippen LogP contribution is -2.33. The van der Waals surface area contributed by atoms with Gasteiger partial charge in [-0.1, -0.05) is 0 Å². The van der Waals surface area contributed by atoms with Crippen molar-refractivity contribution < 1.29 is 14.3 Å². The van der Waals surface area contributed by atoms with Crippen LogP contribution in [0.15, 0.2) is 16.8 Å². The van der Waals surface area contributed by atoms with Gasteiger partial charge in [0.15, 0.2) is 0 Å². The summed E-state index contributed by atoms with van der Waals surface area (Å²) in [7, 11) is 0. The van der Waals surface area contributed by atoms with Crippen LogP contribution in [0.4, 0.5) is 0 Å². The zero-order valence-electron chi connectivity index (χ0n) is 8.49. The van der Waals surface area contributed by atoms with Gasteiger partial charge in [-0.25, -0.2) is 4.79 Å². The van der Waals surface area contributed by atoms with Crippen LogP contribution in [-0.4, -0.2) is 25.0 Å². The first-order valence-corrected chi connectivity index (χ1v) is 5.64. The molecular weight excluding hydrogens is 214 g/mol. The Labute approximate surface area is 92.2 Å². The highest BCUT2D eigenvalue weighted by Crippen LogP contribution is 2.05. The molecule has 0 saturated heterocycles. The Balaban J connectivity index is 2.20. The first kappa shape index (κ1) is 11.7. The van der Waals surface area contributed by atoms with Crippen molar-refractivity contribution >= 4 is 23.2 Å². The summed E-state index contributed by atoms with van der Waals surface area (Å²) in [5, 5.41) is 6.48. The minimum atomic E-state index is -0.817. The van der Waals surface area contributed by atoms with Crippen LogP contribution in [0.3, 0.4) is 0 Å². The van der Waals surface area contributed by atoms with Gasteiger partial charge in [-0.3, -0.25) is 4.79 Å². The lowest BCUT2D eigenvalue weighted by Gasteiger charge is -2.03. The number of amides is 1. The van der Waals surface area contributed by atoms with Gasteiger partial charge in [0.2, 0.25) is 0 Å². The standard InChI is InChI=1S/C10H13NO3S/c1-2-14-10(13)9(12)11-5-3-8-4-6-15-7-8/h4,6-7H,2-3,5H2,1H3,(H,11,12). The third-order valence-corrected chi connectivity index (χ3v) is 2.47. The second-order valence-corrected chi connectivity index (χ2v) is 3.64. The van der Waals surface area contributed by atoms with Gasteiger partial charge in [0, 0.05) is 6.54 Å². The van der Waals surface area contributed by atoms with Crippen molar-refractivity contribution in [2.24, 2.45) is 0 Å². The largest absolute Gasteiger partial charge is 0.459 e. The molecule has 0 aliphatic rings. The monoisotopic (exact) mass is 227 g/mol. The molecule has 1 rings (SSSR count).